The predicted molar refractivity (Wildman–Crippen MR) is 118 cm³/mol. The van der Waals surface area contributed by atoms with Crippen LogP contribution in [0.3, 0.4) is 0 Å². The molecule has 0 unspecified atom stereocenters. The lowest BCUT2D eigenvalue weighted by Crippen LogP contribution is -2.31. The molecule has 0 aliphatic heterocycles. The normalized spacial score (nSPS) is 11.8. The zero-order valence-electron chi connectivity index (χ0n) is 15.9. The number of rotatable bonds is 6. The van der Waals surface area contributed by atoms with E-state index in [1.807, 2.05) is 24.3 Å². The number of hydrogen-bond donors (Lipinski definition) is 0. The number of esters is 1. The number of carbonyl (C=O) groups is 1. The first-order valence-corrected chi connectivity index (χ1v) is 11.6. The third-order valence-electron chi connectivity index (χ3n) is 4.47. The SMILES string of the molecule is CCN(CC)S(=O)(=O)c1cc(C(=O)Oc2ccc3cc(Br)ccc3c2)ccc1Cl. The van der Waals surface area contributed by atoms with Crippen LogP contribution in [-0.2, 0) is 10.0 Å². The smallest absolute Gasteiger partial charge is 0.343 e. The number of nitrogens with zero attached hydrogens (tertiary/aromatic N) is 1. The van der Waals surface area contributed by atoms with Gasteiger partial charge in [-0.3, -0.25) is 0 Å². The van der Waals surface area contributed by atoms with Gasteiger partial charge in [0.25, 0.3) is 0 Å². The maximum Gasteiger partial charge on any atom is 0.343 e. The molecule has 3 aromatic carbocycles. The largest absolute Gasteiger partial charge is 0.423 e. The highest BCUT2D eigenvalue weighted by Gasteiger charge is 2.26. The Morgan fingerprint density at radius 1 is 1.00 bits per heavy atom. The minimum absolute atomic E-state index is 0.0599. The molecule has 0 heterocycles. The minimum atomic E-state index is -3.80. The maximum atomic E-state index is 12.8. The molecule has 0 aliphatic carbocycles. The van der Waals surface area contributed by atoms with Crippen molar-refractivity contribution < 1.29 is 17.9 Å². The molecule has 152 valence electrons. The van der Waals surface area contributed by atoms with Crippen molar-refractivity contribution >= 4 is 54.3 Å². The van der Waals surface area contributed by atoms with Gasteiger partial charge in [-0.1, -0.05) is 53.5 Å². The van der Waals surface area contributed by atoms with Gasteiger partial charge in [-0.15, -0.1) is 0 Å². The number of fused-ring (bicyclic) bond motifs is 1. The maximum absolute atomic E-state index is 12.8. The van der Waals surface area contributed by atoms with Crippen LogP contribution in [0.2, 0.25) is 5.02 Å². The molecule has 0 saturated heterocycles. The molecule has 0 bridgehead atoms. The molecule has 0 aromatic heterocycles. The van der Waals surface area contributed by atoms with Gasteiger partial charge in [0.05, 0.1) is 10.6 Å². The quantitative estimate of drug-likeness (QED) is 0.334. The Hall–Kier alpha value is -1.93. The summed E-state index contributed by atoms with van der Waals surface area (Å²) >= 11 is 9.54. The van der Waals surface area contributed by atoms with Gasteiger partial charge in [-0.2, -0.15) is 4.31 Å². The van der Waals surface area contributed by atoms with Crippen molar-refractivity contribution in [2.75, 3.05) is 13.1 Å². The van der Waals surface area contributed by atoms with E-state index in [9.17, 15) is 13.2 Å². The monoisotopic (exact) mass is 495 g/mol. The fourth-order valence-corrected chi connectivity index (χ4v) is 5.29. The van der Waals surface area contributed by atoms with E-state index in [1.165, 1.54) is 22.5 Å². The standard InChI is InChI=1S/C21H19BrClNO4S/c1-3-24(4-2)29(26,27)20-13-16(7-10-19(20)23)21(25)28-18-9-6-14-11-17(22)8-5-15(14)12-18/h5-13H,3-4H2,1-2H3. The summed E-state index contributed by atoms with van der Waals surface area (Å²) in [5.74, 6) is -0.290. The van der Waals surface area contributed by atoms with Crippen LogP contribution in [0.5, 0.6) is 5.75 Å². The van der Waals surface area contributed by atoms with Crippen LogP contribution in [0.15, 0.2) is 64.0 Å². The Kier molecular flexibility index (Phi) is 6.63. The molecule has 0 amide bonds. The first-order valence-electron chi connectivity index (χ1n) is 8.97. The van der Waals surface area contributed by atoms with Crippen LogP contribution in [0.25, 0.3) is 10.8 Å². The summed E-state index contributed by atoms with van der Waals surface area (Å²) < 4.78 is 33.3. The number of carbonyl (C=O) groups excluding carboxylic acids is 1. The molecule has 0 atom stereocenters. The fraction of sp³-hybridized carbons (Fsp3) is 0.190. The summed E-state index contributed by atoms with van der Waals surface area (Å²) in [7, 11) is -3.80. The number of benzene rings is 3. The van der Waals surface area contributed by atoms with Gasteiger partial charge in [-0.25, -0.2) is 13.2 Å². The van der Waals surface area contributed by atoms with E-state index in [0.29, 0.717) is 18.8 Å². The summed E-state index contributed by atoms with van der Waals surface area (Å²) in [6, 6.07) is 15.2. The van der Waals surface area contributed by atoms with Crippen molar-refractivity contribution in [3.05, 3.63) is 69.7 Å². The Morgan fingerprint density at radius 3 is 2.34 bits per heavy atom. The molecule has 0 radical (unpaired) electrons. The van der Waals surface area contributed by atoms with Crippen molar-refractivity contribution in [1.29, 1.82) is 0 Å². The van der Waals surface area contributed by atoms with Crippen molar-refractivity contribution in [3.8, 4) is 5.75 Å². The molecule has 0 spiro atoms. The summed E-state index contributed by atoms with van der Waals surface area (Å²) in [4.78, 5) is 12.5. The number of hydrogen-bond acceptors (Lipinski definition) is 4. The topological polar surface area (TPSA) is 63.7 Å². The van der Waals surface area contributed by atoms with Crippen LogP contribution < -0.4 is 4.74 Å². The van der Waals surface area contributed by atoms with E-state index in [0.717, 1.165) is 15.2 Å². The van der Waals surface area contributed by atoms with Crippen LogP contribution >= 0.6 is 27.5 Å². The number of sulfonamides is 1. The third-order valence-corrected chi connectivity index (χ3v) is 7.50. The van der Waals surface area contributed by atoms with Crippen LogP contribution in [0, 0.1) is 0 Å². The van der Waals surface area contributed by atoms with Gasteiger partial charge in [0.2, 0.25) is 10.0 Å². The first kappa shape index (κ1) is 21.8. The second-order valence-electron chi connectivity index (χ2n) is 6.28. The molecule has 8 heteroatoms. The van der Waals surface area contributed by atoms with Gasteiger partial charge < -0.3 is 4.74 Å². The van der Waals surface area contributed by atoms with Crippen molar-refractivity contribution in [2.45, 2.75) is 18.7 Å². The van der Waals surface area contributed by atoms with Crippen LogP contribution in [0.1, 0.15) is 24.2 Å². The highest BCUT2D eigenvalue weighted by molar-refractivity contribution is 9.10. The lowest BCUT2D eigenvalue weighted by atomic mass is 10.1. The van der Waals surface area contributed by atoms with Gasteiger partial charge in [-0.05, 0) is 53.2 Å². The molecule has 0 N–H and O–H groups in total. The highest BCUT2D eigenvalue weighted by atomic mass is 79.9. The van der Waals surface area contributed by atoms with Crippen LogP contribution in [-0.4, -0.2) is 31.8 Å². The molecular formula is C21H19BrClNO4S. The average Bonchev–Trinajstić information content (AvgIpc) is 2.69. The molecule has 3 aromatic rings. The van der Waals surface area contributed by atoms with Crippen molar-refractivity contribution in [1.82, 2.24) is 4.31 Å². The van der Waals surface area contributed by atoms with Crippen LogP contribution in [0.4, 0.5) is 0 Å². The summed E-state index contributed by atoms with van der Waals surface area (Å²) in [6.07, 6.45) is 0. The average molecular weight is 497 g/mol. The van der Waals surface area contributed by atoms with Gasteiger partial charge >= 0.3 is 5.97 Å². The minimum Gasteiger partial charge on any atom is -0.423 e. The molecular weight excluding hydrogens is 478 g/mol. The Balaban J connectivity index is 1.91. The molecule has 0 fully saturated rings. The summed E-state index contributed by atoms with van der Waals surface area (Å²) in [6.45, 7) is 4.09. The Morgan fingerprint density at radius 2 is 1.66 bits per heavy atom. The summed E-state index contributed by atoms with van der Waals surface area (Å²) in [5.41, 5.74) is 0.107. The molecule has 0 aliphatic rings. The van der Waals surface area contributed by atoms with E-state index in [4.69, 9.17) is 16.3 Å². The van der Waals surface area contributed by atoms with E-state index in [1.54, 1.807) is 26.0 Å². The molecule has 29 heavy (non-hydrogen) atoms. The first-order chi connectivity index (χ1) is 13.8. The highest BCUT2D eigenvalue weighted by Crippen LogP contribution is 2.28. The third kappa shape index (κ3) is 4.64. The molecule has 5 nitrogen and oxygen atoms in total. The number of ether oxygens (including phenoxy) is 1. The molecule has 0 saturated carbocycles. The second kappa shape index (κ2) is 8.83. The van der Waals surface area contributed by atoms with Gasteiger partial charge in [0, 0.05) is 17.6 Å². The lowest BCUT2D eigenvalue weighted by molar-refractivity contribution is 0.0734. The van der Waals surface area contributed by atoms with Crippen molar-refractivity contribution in [3.63, 3.8) is 0 Å². The zero-order chi connectivity index (χ0) is 21.2. The summed E-state index contributed by atoms with van der Waals surface area (Å²) in [5, 5.41) is 1.97. The fourth-order valence-electron chi connectivity index (χ4n) is 2.95. The number of halogens is 2. The predicted octanol–water partition coefficient (Wildman–Crippen LogP) is 5.51. The van der Waals surface area contributed by atoms with E-state index in [-0.39, 0.29) is 15.5 Å². The van der Waals surface area contributed by atoms with E-state index < -0.39 is 16.0 Å². The van der Waals surface area contributed by atoms with E-state index in [2.05, 4.69) is 15.9 Å². The Labute approximate surface area is 183 Å². The van der Waals surface area contributed by atoms with E-state index >= 15 is 0 Å². The van der Waals surface area contributed by atoms with Gasteiger partial charge in [0.15, 0.2) is 0 Å². The Bertz CT molecular complexity index is 1180. The van der Waals surface area contributed by atoms with Gasteiger partial charge in [0.1, 0.15) is 10.6 Å². The second-order valence-corrected chi connectivity index (χ2v) is 9.51. The lowest BCUT2D eigenvalue weighted by Gasteiger charge is -2.19. The zero-order valence-corrected chi connectivity index (χ0v) is 19.0. The van der Waals surface area contributed by atoms with Crippen molar-refractivity contribution in [2.24, 2.45) is 0 Å². The molecule has 3 rings (SSSR count).